The van der Waals surface area contributed by atoms with Crippen molar-refractivity contribution in [3.8, 4) is 17.4 Å². The largest absolute Gasteiger partial charge is 0.487 e. The summed E-state index contributed by atoms with van der Waals surface area (Å²) in [7, 11) is 0. The van der Waals surface area contributed by atoms with Crippen molar-refractivity contribution in [2.24, 2.45) is 0 Å². The molecule has 0 N–H and O–H groups in total. The maximum absolute atomic E-state index is 13.4. The van der Waals surface area contributed by atoms with E-state index in [0.717, 1.165) is 47.5 Å². The molecule has 0 saturated carbocycles. The Hall–Kier alpha value is -3.65. The second kappa shape index (κ2) is 15.6. The third-order valence-corrected chi connectivity index (χ3v) is 8.45. The first-order chi connectivity index (χ1) is 21.2. The summed E-state index contributed by atoms with van der Waals surface area (Å²) >= 11 is 6.71. The summed E-state index contributed by atoms with van der Waals surface area (Å²) in [5.41, 5.74) is 8.27. The Morgan fingerprint density at radius 2 is 1.47 bits per heavy atom. The maximum atomic E-state index is 13.4. The van der Waals surface area contributed by atoms with E-state index in [1.807, 2.05) is 43.9 Å². The Labute approximate surface area is 282 Å². The minimum atomic E-state index is 0. The van der Waals surface area contributed by atoms with E-state index >= 15 is 0 Å². The summed E-state index contributed by atoms with van der Waals surface area (Å²) < 4.78 is 11.9. The number of benzene rings is 3. The number of hydrogen-bond acceptors (Lipinski definition) is 5. The normalized spacial score (nSPS) is 14.0. The van der Waals surface area contributed by atoms with E-state index in [0.29, 0.717) is 42.1 Å². The van der Waals surface area contributed by atoms with Crippen LogP contribution in [0, 0.1) is 20.8 Å². The van der Waals surface area contributed by atoms with Gasteiger partial charge in [0.15, 0.2) is 5.75 Å². The topological polar surface area (TPSA) is 54.9 Å². The van der Waals surface area contributed by atoms with Crippen molar-refractivity contribution in [3.05, 3.63) is 123 Å². The Morgan fingerprint density at radius 3 is 2.04 bits per heavy atom. The first-order valence-electron chi connectivity index (χ1n) is 15.0. The Kier molecular flexibility index (Phi) is 11.8. The highest BCUT2D eigenvalue weighted by atomic mass is 79.9. The van der Waals surface area contributed by atoms with Gasteiger partial charge in [-0.25, -0.2) is 4.98 Å². The monoisotopic (exact) mass is 689 g/mol. The summed E-state index contributed by atoms with van der Waals surface area (Å²) in [5, 5.41) is 0.464. The number of ether oxygens (including phenoxy) is 2. The molecule has 0 bridgehead atoms. The van der Waals surface area contributed by atoms with Crippen LogP contribution in [0.1, 0.15) is 47.2 Å². The number of rotatable bonds is 9. The molecule has 1 saturated heterocycles. The van der Waals surface area contributed by atoms with E-state index in [4.69, 9.17) is 21.1 Å². The third-order valence-electron chi connectivity index (χ3n) is 8.17. The number of allylic oxidation sites excluding steroid dienone is 1. The molecule has 3 aromatic carbocycles. The number of pyridine rings is 1. The first kappa shape index (κ1) is 34.2. The number of carbonyl (C=O) groups excluding carboxylic acids is 1. The van der Waals surface area contributed by atoms with E-state index in [1.54, 1.807) is 12.3 Å². The number of carbonyl (C=O) groups is 1. The molecule has 6 nitrogen and oxygen atoms in total. The molecule has 1 fully saturated rings. The Balaban J connectivity index is 0.00000461. The molecule has 1 amide bonds. The zero-order valence-corrected chi connectivity index (χ0v) is 29.1. The molecule has 1 aliphatic rings. The Morgan fingerprint density at radius 1 is 0.844 bits per heavy atom. The van der Waals surface area contributed by atoms with Gasteiger partial charge in [0, 0.05) is 44.4 Å². The number of hydrogen-bond donors (Lipinski definition) is 0. The molecule has 0 radical (unpaired) electrons. The van der Waals surface area contributed by atoms with Crippen molar-refractivity contribution in [1.82, 2.24) is 14.8 Å². The van der Waals surface area contributed by atoms with Gasteiger partial charge in [-0.3, -0.25) is 9.69 Å². The molecule has 2 heterocycles. The van der Waals surface area contributed by atoms with Crippen LogP contribution >= 0.6 is 28.6 Å². The zero-order valence-electron chi connectivity index (χ0n) is 26.6. The van der Waals surface area contributed by atoms with Gasteiger partial charge in [-0.05, 0) is 80.6 Å². The van der Waals surface area contributed by atoms with Crippen LogP contribution in [0.4, 0.5) is 0 Å². The molecule has 4 aromatic rings. The second-order valence-electron chi connectivity index (χ2n) is 11.6. The molecule has 1 aromatic heterocycles. The minimum absolute atomic E-state index is 0. The molecular formula is C37H41BrClN3O3. The van der Waals surface area contributed by atoms with Gasteiger partial charge in [0.2, 0.25) is 11.8 Å². The summed E-state index contributed by atoms with van der Waals surface area (Å²) in [6.45, 7) is 14.5. The number of aryl methyl sites for hydroxylation is 3. The highest BCUT2D eigenvalue weighted by Gasteiger charge is 2.23. The molecule has 45 heavy (non-hydrogen) atoms. The lowest BCUT2D eigenvalue weighted by Gasteiger charge is -2.35. The summed E-state index contributed by atoms with van der Waals surface area (Å²) in [5.74, 6) is 1.69. The van der Waals surface area contributed by atoms with E-state index in [-0.39, 0.29) is 22.9 Å². The molecule has 1 aliphatic heterocycles. The van der Waals surface area contributed by atoms with Gasteiger partial charge >= 0.3 is 0 Å². The van der Waals surface area contributed by atoms with Gasteiger partial charge in [-0.2, -0.15) is 0 Å². The highest BCUT2D eigenvalue weighted by Crippen LogP contribution is 2.36. The summed E-state index contributed by atoms with van der Waals surface area (Å²) in [4.78, 5) is 22.2. The van der Waals surface area contributed by atoms with Crippen LogP contribution < -0.4 is 9.47 Å². The van der Waals surface area contributed by atoms with Crippen molar-refractivity contribution in [2.45, 2.75) is 47.8 Å². The van der Waals surface area contributed by atoms with E-state index in [9.17, 15) is 4.79 Å². The van der Waals surface area contributed by atoms with Crippen LogP contribution in [0.15, 0.2) is 84.6 Å². The van der Waals surface area contributed by atoms with Gasteiger partial charge in [0.1, 0.15) is 12.4 Å². The lowest BCUT2D eigenvalue weighted by Crippen LogP contribution is -2.48. The summed E-state index contributed by atoms with van der Waals surface area (Å²) in [6.07, 6.45) is 1.64. The fourth-order valence-electron chi connectivity index (χ4n) is 5.22. The summed E-state index contributed by atoms with van der Waals surface area (Å²) in [6, 6.07) is 24.4. The average molecular weight is 691 g/mol. The fourth-order valence-corrected chi connectivity index (χ4v) is 5.52. The smallest absolute Gasteiger partial charge is 0.249 e. The molecule has 0 aliphatic carbocycles. The molecule has 236 valence electrons. The lowest BCUT2D eigenvalue weighted by atomic mass is 9.99. The predicted molar refractivity (Wildman–Crippen MR) is 188 cm³/mol. The molecule has 0 spiro atoms. The molecular weight excluding hydrogens is 650 g/mol. The van der Waals surface area contributed by atoms with Gasteiger partial charge in [0.05, 0.1) is 11.2 Å². The first-order valence-corrected chi connectivity index (χ1v) is 15.4. The van der Waals surface area contributed by atoms with Crippen molar-refractivity contribution in [3.63, 3.8) is 0 Å². The van der Waals surface area contributed by atoms with Gasteiger partial charge < -0.3 is 14.4 Å². The van der Waals surface area contributed by atoms with Crippen molar-refractivity contribution in [2.75, 3.05) is 26.2 Å². The molecule has 0 unspecified atom stereocenters. The van der Waals surface area contributed by atoms with Crippen LogP contribution in [-0.4, -0.2) is 46.9 Å². The van der Waals surface area contributed by atoms with Crippen molar-refractivity contribution < 1.29 is 14.3 Å². The molecule has 8 heteroatoms. The van der Waals surface area contributed by atoms with E-state index in [2.05, 4.69) is 72.3 Å². The standard InChI is InChI=1S/C37H40ClN3O3.BrH/c1-25-6-10-30(11-7-25)23-40-16-18-41(19-17-40)37(42)29(5)28(4)32-20-27(3)36(34(38)21-32)44-35-15-14-33(22-39-35)43-24-31-12-8-26(2)9-13-31;/h6-15,20-22H,16-19,23-24H2,1-5H3;1H/b29-28+;. The van der Waals surface area contributed by atoms with Crippen LogP contribution in [0.3, 0.4) is 0 Å². The van der Waals surface area contributed by atoms with E-state index in [1.165, 1.54) is 16.7 Å². The minimum Gasteiger partial charge on any atom is -0.487 e. The van der Waals surface area contributed by atoms with Crippen LogP contribution in [-0.2, 0) is 17.9 Å². The lowest BCUT2D eigenvalue weighted by molar-refractivity contribution is -0.128. The number of piperazine rings is 1. The van der Waals surface area contributed by atoms with Crippen LogP contribution in [0.25, 0.3) is 5.57 Å². The number of halogens is 2. The number of amides is 1. The maximum Gasteiger partial charge on any atom is 0.249 e. The molecule has 5 rings (SSSR count). The Bertz CT molecular complexity index is 1610. The van der Waals surface area contributed by atoms with Crippen molar-refractivity contribution in [1.29, 1.82) is 0 Å². The van der Waals surface area contributed by atoms with Crippen LogP contribution in [0.2, 0.25) is 5.02 Å². The average Bonchev–Trinajstić information content (AvgIpc) is 3.03. The SMILES string of the molecule is Br.C/C(C(=O)N1CCN(Cc2ccc(C)cc2)CC1)=C(/C)c1cc(C)c(Oc2ccc(OCc3ccc(C)cc3)cn2)c(Cl)c1. The predicted octanol–water partition coefficient (Wildman–Crippen LogP) is 8.75. The van der Waals surface area contributed by atoms with Crippen molar-refractivity contribution >= 4 is 40.1 Å². The fraction of sp³-hybridized carbons (Fsp3) is 0.297. The zero-order chi connectivity index (χ0) is 31.2. The molecule has 0 atom stereocenters. The van der Waals surface area contributed by atoms with E-state index < -0.39 is 0 Å². The number of nitrogens with zero attached hydrogens (tertiary/aromatic N) is 3. The van der Waals surface area contributed by atoms with Crippen LogP contribution in [0.5, 0.6) is 17.4 Å². The third kappa shape index (κ3) is 8.97. The highest BCUT2D eigenvalue weighted by molar-refractivity contribution is 8.93. The van der Waals surface area contributed by atoms with Gasteiger partial charge in [0.25, 0.3) is 0 Å². The quantitative estimate of drug-likeness (QED) is 0.165. The van der Waals surface area contributed by atoms with Gasteiger partial charge in [-0.15, -0.1) is 17.0 Å². The van der Waals surface area contributed by atoms with Gasteiger partial charge in [-0.1, -0.05) is 71.3 Å². The second-order valence-corrected chi connectivity index (χ2v) is 12.0. The number of aromatic nitrogens is 1.